The number of sulfone groups is 1. The zero-order valence-corrected chi connectivity index (χ0v) is 25.1. The molecule has 2 rings (SSSR count). The fourth-order valence-electron chi connectivity index (χ4n) is 4.65. The molecule has 1 heterocycles. The van der Waals surface area contributed by atoms with Crippen molar-refractivity contribution in [2.45, 2.75) is 96.4 Å². The van der Waals surface area contributed by atoms with Gasteiger partial charge < -0.3 is 25.4 Å². The Morgan fingerprint density at radius 1 is 1.00 bits per heavy atom. The van der Waals surface area contributed by atoms with Crippen molar-refractivity contribution in [1.82, 2.24) is 16.0 Å². The van der Waals surface area contributed by atoms with Crippen LogP contribution in [-0.2, 0) is 35.3 Å². The van der Waals surface area contributed by atoms with Gasteiger partial charge in [-0.15, -0.1) is 0 Å². The van der Waals surface area contributed by atoms with Crippen molar-refractivity contribution in [2.75, 3.05) is 12.9 Å². The molecule has 1 aromatic carbocycles. The number of rotatable bonds is 14. The molecule has 39 heavy (non-hydrogen) atoms. The molecule has 1 aliphatic rings. The minimum Gasteiger partial charge on any atom is -0.450 e. The van der Waals surface area contributed by atoms with E-state index in [1.807, 2.05) is 30.3 Å². The van der Waals surface area contributed by atoms with Crippen LogP contribution in [-0.4, -0.2) is 74.3 Å². The van der Waals surface area contributed by atoms with Gasteiger partial charge in [-0.1, -0.05) is 58.0 Å². The molecule has 0 unspecified atom stereocenters. The van der Waals surface area contributed by atoms with Crippen LogP contribution in [0.1, 0.15) is 60.5 Å². The summed E-state index contributed by atoms with van der Waals surface area (Å²) in [6.45, 7) is 12.7. The maximum absolute atomic E-state index is 13.6. The number of benzene rings is 1. The number of amides is 3. The summed E-state index contributed by atoms with van der Waals surface area (Å²) in [4.78, 5) is 38.6. The predicted octanol–water partition coefficient (Wildman–Crippen LogP) is 2.61. The number of hydrogen-bond acceptors (Lipinski definition) is 7. The Hall–Kier alpha value is -2.66. The van der Waals surface area contributed by atoms with E-state index in [4.69, 9.17) is 9.47 Å². The molecule has 1 aromatic rings. The van der Waals surface area contributed by atoms with Gasteiger partial charge in [-0.2, -0.15) is 0 Å². The largest absolute Gasteiger partial charge is 0.450 e. The lowest BCUT2D eigenvalue weighted by atomic mass is 9.93. The quantitative estimate of drug-likeness (QED) is 0.293. The molecule has 220 valence electrons. The molecule has 11 heteroatoms. The van der Waals surface area contributed by atoms with Gasteiger partial charge in [0.15, 0.2) is 9.84 Å². The first kappa shape index (κ1) is 32.6. The summed E-state index contributed by atoms with van der Waals surface area (Å²) in [6, 6.07) is 7.50. The van der Waals surface area contributed by atoms with Gasteiger partial charge in [0.2, 0.25) is 11.8 Å². The highest BCUT2D eigenvalue weighted by Crippen LogP contribution is 2.31. The minimum absolute atomic E-state index is 0.0300. The summed E-state index contributed by atoms with van der Waals surface area (Å²) >= 11 is 0. The average Bonchev–Trinajstić information content (AvgIpc) is 3.59. The molecule has 0 saturated carbocycles. The van der Waals surface area contributed by atoms with E-state index in [1.165, 1.54) is 13.8 Å². The van der Waals surface area contributed by atoms with E-state index in [2.05, 4.69) is 43.6 Å². The molecule has 1 fully saturated rings. The Balaban J connectivity index is 2.24. The van der Waals surface area contributed by atoms with E-state index in [-0.39, 0.29) is 36.8 Å². The van der Waals surface area contributed by atoms with Crippen molar-refractivity contribution < 1.29 is 32.3 Å². The lowest BCUT2D eigenvalue weighted by Gasteiger charge is -2.33. The molecule has 0 bridgehead atoms. The smallest absolute Gasteiger partial charge is 0.407 e. The van der Waals surface area contributed by atoms with Gasteiger partial charge >= 0.3 is 6.09 Å². The highest BCUT2D eigenvalue weighted by Gasteiger charge is 2.49. The first-order valence-electron chi connectivity index (χ1n) is 13.5. The normalized spacial score (nSPS) is 18.9. The lowest BCUT2D eigenvalue weighted by molar-refractivity contribution is -0.124. The van der Waals surface area contributed by atoms with Crippen LogP contribution < -0.4 is 16.0 Å². The summed E-state index contributed by atoms with van der Waals surface area (Å²) in [5.41, 5.74) is 0.929. The highest BCUT2D eigenvalue weighted by atomic mass is 32.2. The van der Waals surface area contributed by atoms with Crippen molar-refractivity contribution >= 4 is 27.7 Å². The summed E-state index contributed by atoms with van der Waals surface area (Å²) in [5.74, 6) is -0.258. The van der Waals surface area contributed by atoms with E-state index in [0.29, 0.717) is 6.42 Å². The van der Waals surface area contributed by atoms with E-state index < -0.39 is 50.9 Å². The second-order valence-corrected chi connectivity index (χ2v) is 14.0. The zero-order valence-electron chi connectivity index (χ0n) is 24.3. The molecule has 3 amide bonds. The van der Waals surface area contributed by atoms with Crippen molar-refractivity contribution in [3.8, 4) is 0 Å². The van der Waals surface area contributed by atoms with Gasteiger partial charge in [0.25, 0.3) is 0 Å². The molecule has 4 atom stereocenters. The molecular formula is C28H45N3O7S. The number of ether oxygens (including phenoxy) is 2. The van der Waals surface area contributed by atoms with Gasteiger partial charge in [-0.05, 0) is 44.6 Å². The molecule has 0 radical (unpaired) electrons. The number of hydrogen-bond donors (Lipinski definition) is 3. The minimum atomic E-state index is -3.77. The van der Waals surface area contributed by atoms with Crippen LogP contribution >= 0.6 is 0 Å². The summed E-state index contributed by atoms with van der Waals surface area (Å²) in [5, 5.41) is 8.42. The fourth-order valence-corrected chi connectivity index (χ4v) is 5.24. The molecule has 10 nitrogen and oxygen atoms in total. The second-order valence-electron chi connectivity index (χ2n) is 11.4. The van der Waals surface area contributed by atoms with Crippen LogP contribution in [0.4, 0.5) is 4.79 Å². The van der Waals surface area contributed by atoms with Crippen molar-refractivity contribution in [3.63, 3.8) is 0 Å². The lowest BCUT2D eigenvalue weighted by Crippen LogP contribution is -2.62. The second kappa shape index (κ2) is 13.6. The Morgan fingerprint density at radius 2 is 1.59 bits per heavy atom. The molecule has 0 aliphatic carbocycles. The monoisotopic (exact) mass is 567 g/mol. The van der Waals surface area contributed by atoms with E-state index >= 15 is 0 Å². The van der Waals surface area contributed by atoms with Gasteiger partial charge in [0, 0.05) is 12.3 Å². The van der Waals surface area contributed by atoms with Crippen molar-refractivity contribution in [1.29, 1.82) is 0 Å². The molecule has 1 aliphatic heterocycles. The maximum Gasteiger partial charge on any atom is 0.407 e. The highest BCUT2D eigenvalue weighted by molar-refractivity contribution is 7.92. The summed E-state index contributed by atoms with van der Waals surface area (Å²) in [7, 11) is -3.77. The van der Waals surface area contributed by atoms with Crippen LogP contribution in [0, 0.1) is 11.8 Å². The third-order valence-corrected chi connectivity index (χ3v) is 9.39. The van der Waals surface area contributed by atoms with Crippen LogP contribution in [0.25, 0.3) is 0 Å². The number of carbonyl (C=O) groups excluding carboxylic acids is 3. The van der Waals surface area contributed by atoms with Gasteiger partial charge in [-0.3, -0.25) is 9.59 Å². The Kier molecular flexibility index (Phi) is 11.4. The molecule has 0 spiro atoms. The Morgan fingerprint density at radius 3 is 2.10 bits per heavy atom. The average molecular weight is 568 g/mol. The SMILES string of the molecule is CCOC(=O)N[C@H](C(=O)N[C@@H](Cc1ccccc1)[C@H]1O[C@H]1CC(=O)NC(C(C)C)C(C)C)C(C)(C)S(C)(=O)=O. The Labute approximate surface area is 232 Å². The molecular weight excluding hydrogens is 522 g/mol. The first-order chi connectivity index (χ1) is 18.1. The number of carbonyl (C=O) groups is 3. The fraction of sp³-hybridized carbons (Fsp3) is 0.679. The van der Waals surface area contributed by atoms with Gasteiger partial charge in [0.05, 0.1) is 29.9 Å². The standard InChI is InChI=1S/C28H45N3O7S/c1-9-37-27(34)31-25(28(6,7)39(8,35)36)26(33)29-20(15-19-13-11-10-12-14-19)24-21(38-24)16-22(32)30-23(17(2)3)18(4)5/h10-14,17-18,20-21,23-25H,9,15-16H2,1-8H3,(H,29,33)(H,30,32)(H,31,34)/t20-,21-,24+,25+/m0/s1. The van der Waals surface area contributed by atoms with Crippen LogP contribution in [0.3, 0.4) is 0 Å². The first-order valence-corrected chi connectivity index (χ1v) is 15.4. The predicted molar refractivity (Wildman–Crippen MR) is 150 cm³/mol. The maximum atomic E-state index is 13.6. The van der Waals surface area contributed by atoms with E-state index in [0.717, 1.165) is 11.8 Å². The molecule has 0 aromatic heterocycles. The zero-order chi connectivity index (χ0) is 29.5. The molecule has 3 N–H and O–H groups in total. The third kappa shape index (κ3) is 9.20. The summed E-state index contributed by atoms with van der Waals surface area (Å²) in [6.07, 6.45) is -0.208. The third-order valence-electron chi connectivity index (χ3n) is 7.25. The van der Waals surface area contributed by atoms with Crippen LogP contribution in [0.2, 0.25) is 0 Å². The summed E-state index contributed by atoms with van der Waals surface area (Å²) < 4.78 is 34.3. The van der Waals surface area contributed by atoms with Crippen molar-refractivity contribution in [3.05, 3.63) is 35.9 Å². The van der Waals surface area contributed by atoms with Crippen LogP contribution in [0.15, 0.2) is 30.3 Å². The van der Waals surface area contributed by atoms with Crippen LogP contribution in [0.5, 0.6) is 0 Å². The van der Waals surface area contributed by atoms with E-state index in [9.17, 15) is 22.8 Å². The Bertz CT molecular complexity index is 1080. The van der Waals surface area contributed by atoms with Gasteiger partial charge in [-0.25, -0.2) is 13.2 Å². The number of epoxide rings is 1. The van der Waals surface area contributed by atoms with Gasteiger partial charge in [0.1, 0.15) is 12.1 Å². The van der Waals surface area contributed by atoms with Crippen molar-refractivity contribution in [2.24, 2.45) is 11.8 Å². The molecule has 1 saturated heterocycles. The number of nitrogens with one attached hydrogen (secondary N) is 3. The number of alkyl carbamates (subject to hydrolysis) is 1. The van der Waals surface area contributed by atoms with E-state index in [1.54, 1.807) is 6.92 Å². The topological polar surface area (TPSA) is 143 Å².